The first-order valence-corrected chi connectivity index (χ1v) is 5.78. The highest BCUT2D eigenvalue weighted by molar-refractivity contribution is 5.29. The van der Waals surface area contributed by atoms with Crippen LogP contribution in [0.3, 0.4) is 0 Å². The van der Waals surface area contributed by atoms with Gasteiger partial charge in [-0.25, -0.2) is 9.37 Å². The maximum Gasteiger partial charge on any atom is 0.219 e. The van der Waals surface area contributed by atoms with Gasteiger partial charge >= 0.3 is 0 Å². The van der Waals surface area contributed by atoms with E-state index in [0.29, 0.717) is 5.88 Å². The number of halogens is 1. The van der Waals surface area contributed by atoms with Crippen LogP contribution in [0.25, 0.3) is 0 Å². The van der Waals surface area contributed by atoms with Gasteiger partial charge in [0.25, 0.3) is 0 Å². The largest absolute Gasteiger partial charge is 0.436 e. The minimum Gasteiger partial charge on any atom is -0.436 e. The van der Waals surface area contributed by atoms with Crippen molar-refractivity contribution < 1.29 is 9.13 Å². The number of nitrogens with two attached hydrogens (primary N) is 1. The molecule has 0 saturated carbocycles. The second-order valence-corrected chi connectivity index (χ2v) is 4.22. The van der Waals surface area contributed by atoms with Crippen LogP contribution < -0.4 is 10.5 Å². The maximum atomic E-state index is 13.4. The Labute approximate surface area is 105 Å². The van der Waals surface area contributed by atoms with Crippen LogP contribution in [-0.4, -0.2) is 11.0 Å². The molecule has 0 aliphatic rings. The Hall–Kier alpha value is -1.94. The molecule has 94 valence electrons. The summed E-state index contributed by atoms with van der Waals surface area (Å²) in [6.07, 6.45) is 2.45. The molecule has 2 aromatic rings. The summed E-state index contributed by atoms with van der Waals surface area (Å²) in [7, 11) is 0. The molecule has 0 amide bonds. The maximum absolute atomic E-state index is 13.4. The number of benzene rings is 1. The zero-order valence-electron chi connectivity index (χ0n) is 10.1. The predicted molar refractivity (Wildman–Crippen MR) is 68.1 cm³/mol. The normalized spacial score (nSPS) is 12.2. The number of nitrogens with zero attached hydrogens (tertiary/aromatic N) is 1. The second kappa shape index (κ2) is 5.60. The van der Waals surface area contributed by atoms with Gasteiger partial charge in [0.15, 0.2) is 11.6 Å². The third-order valence-electron chi connectivity index (χ3n) is 2.41. The van der Waals surface area contributed by atoms with E-state index in [1.165, 1.54) is 6.07 Å². The van der Waals surface area contributed by atoms with Crippen LogP contribution in [0.1, 0.15) is 12.5 Å². The predicted octanol–water partition coefficient (Wildman–Crippen LogP) is 2.90. The van der Waals surface area contributed by atoms with E-state index in [9.17, 15) is 4.39 Å². The molecule has 0 spiro atoms. The van der Waals surface area contributed by atoms with E-state index < -0.39 is 5.82 Å². The van der Waals surface area contributed by atoms with Crippen LogP contribution in [-0.2, 0) is 6.42 Å². The highest BCUT2D eigenvalue weighted by atomic mass is 19.1. The van der Waals surface area contributed by atoms with Crippen molar-refractivity contribution >= 4 is 0 Å². The average molecular weight is 246 g/mol. The molecule has 1 aromatic carbocycles. The lowest BCUT2D eigenvalue weighted by Gasteiger charge is -2.07. The van der Waals surface area contributed by atoms with Crippen molar-refractivity contribution in [2.75, 3.05) is 0 Å². The Morgan fingerprint density at radius 3 is 2.67 bits per heavy atom. The molecule has 1 heterocycles. The van der Waals surface area contributed by atoms with Gasteiger partial charge in [0.2, 0.25) is 5.88 Å². The van der Waals surface area contributed by atoms with Gasteiger partial charge in [0, 0.05) is 18.3 Å². The van der Waals surface area contributed by atoms with Crippen molar-refractivity contribution in [2.24, 2.45) is 5.73 Å². The quantitative estimate of drug-likeness (QED) is 0.902. The number of pyridine rings is 1. The summed E-state index contributed by atoms with van der Waals surface area (Å²) in [6, 6.07) is 9.92. The van der Waals surface area contributed by atoms with Crippen LogP contribution in [0.15, 0.2) is 42.6 Å². The van der Waals surface area contributed by atoms with Gasteiger partial charge in [-0.2, -0.15) is 0 Å². The Balaban J connectivity index is 2.09. The minimum atomic E-state index is -0.404. The fraction of sp³-hybridized carbons (Fsp3) is 0.214. The van der Waals surface area contributed by atoms with Crippen molar-refractivity contribution in [1.29, 1.82) is 0 Å². The zero-order chi connectivity index (χ0) is 13.0. The lowest BCUT2D eigenvalue weighted by molar-refractivity contribution is 0.427. The van der Waals surface area contributed by atoms with E-state index in [-0.39, 0.29) is 11.8 Å². The molecular weight excluding hydrogens is 231 g/mol. The first-order chi connectivity index (χ1) is 8.65. The van der Waals surface area contributed by atoms with Crippen LogP contribution in [0.2, 0.25) is 0 Å². The second-order valence-electron chi connectivity index (χ2n) is 4.22. The third-order valence-corrected chi connectivity index (χ3v) is 2.41. The number of hydrogen-bond donors (Lipinski definition) is 1. The molecule has 0 bridgehead atoms. The van der Waals surface area contributed by atoms with Gasteiger partial charge in [-0.1, -0.05) is 18.2 Å². The minimum absolute atomic E-state index is 0.0881. The summed E-state index contributed by atoms with van der Waals surface area (Å²) >= 11 is 0. The van der Waals surface area contributed by atoms with Crippen molar-refractivity contribution in [3.63, 3.8) is 0 Å². The van der Waals surface area contributed by atoms with E-state index in [4.69, 9.17) is 10.5 Å². The summed E-state index contributed by atoms with van der Waals surface area (Å²) in [4.78, 5) is 4.12. The number of hydrogen-bond acceptors (Lipinski definition) is 3. The molecule has 1 unspecified atom stereocenters. The molecule has 3 nitrogen and oxygen atoms in total. The van der Waals surface area contributed by atoms with Crippen LogP contribution in [0.4, 0.5) is 4.39 Å². The van der Waals surface area contributed by atoms with Crippen molar-refractivity contribution in [3.8, 4) is 11.6 Å². The van der Waals surface area contributed by atoms with Gasteiger partial charge < -0.3 is 10.5 Å². The lowest BCUT2D eigenvalue weighted by atomic mass is 10.1. The SMILES string of the molecule is CC(N)Cc1ccc(Oc2ccccc2F)nc1. The summed E-state index contributed by atoms with van der Waals surface area (Å²) in [5.74, 6) is 0.137. The number of para-hydroxylation sites is 1. The summed E-state index contributed by atoms with van der Waals surface area (Å²) in [5.41, 5.74) is 6.73. The Morgan fingerprint density at radius 1 is 1.28 bits per heavy atom. The Kier molecular flexibility index (Phi) is 3.89. The monoisotopic (exact) mass is 246 g/mol. The first-order valence-electron chi connectivity index (χ1n) is 5.78. The highest BCUT2D eigenvalue weighted by Crippen LogP contribution is 2.22. The molecule has 18 heavy (non-hydrogen) atoms. The summed E-state index contributed by atoms with van der Waals surface area (Å²) in [6.45, 7) is 1.93. The van der Waals surface area contributed by atoms with Crippen LogP contribution in [0.5, 0.6) is 11.6 Å². The van der Waals surface area contributed by atoms with Crippen LogP contribution in [0, 0.1) is 5.82 Å². The average Bonchev–Trinajstić information content (AvgIpc) is 2.34. The Morgan fingerprint density at radius 2 is 2.06 bits per heavy atom. The molecular formula is C14H15FN2O. The van der Waals surface area contributed by atoms with Crippen molar-refractivity contribution in [3.05, 3.63) is 54.0 Å². The Bertz CT molecular complexity index is 511. The van der Waals surface area contributed by atoms with Crippen molar-refractivity contribution in [2.45, 2.75) is 19.4 Å². The van der Waals surface area contributed by atoms with Gasteiger partial charge in [-0.05, 0) is 31.0 Å². The molecule has 1 aromatic heterocycles. The molecule has 2 N–H and O–H groups in total. The van der Waals surface area contributed by atoms with E-state index in [1.54, 1.807) is 30.5 Å². The number of rotatable bonds is 4. The van der Waals surface area contributed by atoms with Gasteiger partial charge in [0.05, 0.1) is 0 Å². The highest BCUT2D eigenvalue weighted by Gasteiger charge is 2.04. The fourth-order valence-electron chi connectivity index (χ4n) is 1.60. The first kappa shape index (κ1) is 12.5. The third kappa shape index (κ3) is 3.28. The fourth-order valence-corrected chi connectivity index (χ4v) is 1.60. The standard InChI is InChI=1S/C14H15FN2O/c1-10(16)8-11-6-7-14(17-9-11)18-13-5-3-2-4-12(13)15/h2-7,9-10H,8,16H2,1H3. The summed E-state index contributed by atoms with van der Waals surface area (Å²) in [5, 5.41) is 0. The topological polar surface area (TPSA) is 48.1 Å². The molecule has 4 heteroatoms. The summed E-state index contributed by atoms with van der Waals surface area (Å²) < 4.78 is 18.7. The molecule has 0 saturated heterocycles. The molecule has 0 fully saturated rings. The zero-order valence-corrected chi connectivity index (χ0v) is 10.1. The van der Waals surface area contributed by atoms with E-state index in [1.807, 2.05) is 13.0 Å². The van der Waals surface area contributed by atoms with Gasteiger partial charge in [0.1, 0.15) is 0 Å². The lowest BCUT2D eigenvalue weighted by Crippen LogP contribution is -2.17. The van der Waals surface area contributed by atoms with Gasteiger partial charge in [-0.3, -0.25) is 0 Å². The number of aromatic nitrogens is 1. The molecule has 0 aliphatic heterocycles. The molecule has 0 aliphatic carbocycles. The van der Waals surface area contributed by atoms with Crippen molar-refractivity contribution in [1.82, 2.24) is 4.98 Å². The van der Waals surface area contributed by atoms with E-state index in [2.05, 4.69) is 4.98 Å². The number of ether oxygens (including phenoxy) is 1. The van der Waals surface area contributed by atoms with E-state index in [0.717, 1.165) is 12.0 Å². The molecule has 1 atom stereocenters. The van der Waals surface area contributed by atoms with E-state index >= 15 is 0 Å². The smallest absolute Gasteiger partial charge is 0.219 e. The molecule has 2 rings (SSSR count). The van der Waals surface area contributed by atoms with Gasteiger partial charge in [-0.15, -0.1) is 0 Å². The van der Waals surface area contributed by atoms with Crippen LogP contribution >= 0.6 is 0 Å². The molecule has 0 radical (unpaired) electrons.